The Balaban J connectivity index is 1.91. The summed E-state index contributed by atoms with van der Waals surface area (Å²) in [5.74, 6) is -1.92. The molecule has 1 heterocycles. The molecule has 7 nitrogen and oxygen atoms in total. The number of amides is 1. The fraction of sp³-hybridized carbons (Fsp3) is 0.300. The SMILES string of the molecule is CCOC(=O)[C@@](NCc1ccc2c(c1)OCO2)(NC(=O)c1ccccc1)C(F)(F)F. The summed E-state index contributed by atoms with van der Waals surface area (Å²) in [5.41, 5.74) is -3.11. The second-order valence-corrected chi connectivity index (χ2v) is 6.33. The lowest BCUT2D eigenvalue weighted by Gasteiger charge is -2.34. The van der Waals surface area contributed by atoms with Gasteiger partial charge in [0.2, 0.25) is 6.79 Å². The zero-order chi connectivity index (χ0) is 21.8. The van der Waals surface area contributed by atoms with E-state index in [2.05, 4.69) is 10.1 Å². The maximum Gasteiger partial charge on any atom is 0.436 e. The van der Waals surface area contributed by atoms with Crippen molar-refractivity contribution in [2.24, 2.45) is 0 Å². The Labute approximate surface area is 170 Å². The molecular weight excluding hydrogens is 405 g/mol. The van der Waals surface area contributed by atoms with Crippen LogP contribution in [0.1, 0.15) is 22.8 Å². The monoisotopic (exact) mass is 424 g/mol. The van der Waals surface area contributed by atoms with E-state index in [-0.39, 0.29) is 19.0 Å². The summed E-state index contributed by atoms with van der Waals surface area (Å²) in [4.78, 5) is 24.9. The summed E-state index contributed by atoms with van der Waals surface area (Å²) in [7, 11) is 0. The highest BCUT2D eigenvalue weighted by Gasteiger charge is 2.63. The van der Waals surface area contributed by atoms with Crippen molar-refractivity contribution in [2.45, 2.75) is 25.3 Å². The molecule has 0 aromatic heterocycles. The molecule has 2 aromatic carbocycles. The van der Waals surface area contributed by atoms with Gasteiger partial charge < -0.3 is 19.5 Å². The predicted octanol–water partition coefficient (Wildman–Crippen LogP) is 2.76. The molecule has 3 rings (SSSR count). The predicted molar refractivity (Wildman–Crippen MR) is 98.7 cm³/mol. The van der Waals surface area contributed by atoms with Crippen LogP contribution in [0.5, 0.6) is 11.5 Å². The normalized spacial score (nSPS) is 14.7. The number of nitrogens with one attached hydrogen (secondary N) is 2. The van der Waals surface area contributed by atoms with Gasteiger partial charge in [0.15, 0.2) is 11.5 Å². The molecule has 30 heavy (non-hydrogen) atoms. The van der Waals surface area contributed by atoms with Crippen LogP contribution in [0.15, 0.2) is 48.5 Å². The maximum atomic E-state index is 14.1. The number of esters is 1. The first-order chi connectivity index (χ1) is 14.3. The van der Waals surface area contributed by atoms with Crippen LogP contribution in [-0.4, -0.2) is 37.1 Å². The van der Waals surface area contributed by atoms with Crippen LogP contribution in [0.3, 0.4) is 0 Å². The molecule has 1 atom stereocenters. The third kappa shape index (κ3) is 4.33. The van der Waals surface area contributed by atoms with E-state index in [1.54, 1.807) is 17.4 Å². The number of rotatable bonds is 7. The van der Waals surface area contributed by atoms with Crippen molar-refractivity contribution >= 4 is 11.9 Å². The van der Waals surface area contributed by atoms with E-state index in [0.717, 1.165) is 0 Å². The molecule has 2 aromatic rings. The Morgan fingerprint density at radius 2 is 1.77 bits per heavy atom. The smallest absolute Gasteiger partial charge is 0.436 e. The standard InChI is InChI=1S/C20H19F3N2O5/c1-2-28-18(27)19(20(21,22)23,25-17(26)14-6-4-3-5-7-14)24-11-13-8-9-15-16(10-13)30-12-29-15/h3-10,24H,2,11-12H2,1H3,(H,25,26)/t19-/m1/s1. The molecule has 0 aliphatic carbocycles. The quantitative estimate of drug-likeness (QED) is 0.525. The Bertz CT molecular complexity index is 920. The van der Waals surface area contributed by atoms with Crippen molar-refractivity contribution in [3.8, 4) is 11.5 Å². The van der Waals surface area contributed by atoms with Crippen LogP contribution in [0.25, 0.3) is 0 Å². The van der Waals surface area contributed by atoms with Gasteiger partial charge in [-0.2, -0.15) is 13.2 Å². The molecule has 10 heteroatoms. The van der Waals surface area contributed by atoms with Gasteiger partial charge in [0.1, 0.15) is 0 Å². The van der Waals surface area contributed by atoms with Crippen LogP contribution < -0.4 is 20.1 Å². The molecule has 0 spiro atoms. The molecule has 2 N–H and O–H groups in total. The van der Waals surface area contributed by atoms with Gasteiger partial charge in [-0.25, -0.2) is 4.79 Å². The van der Waals surface area contributed by atoms with Crippen molar-refractivity contribution in [3.05, 3.63) is 59.7 Å². The van der Waals surface area contributed by atoms with E-state index in [9.17, 15) is 22.8 Å². The first-order valence-corrected chi connectivity index (χ1v) is 9.02. The Morgan fingerprint density at radius 3 is 2.43 bits per heavy atom. The molecule has 0 bridgehead atoms. The minimum Gasteiger partial charge on any atom is -0.463 e. The van der Waals surface area contributed by atoms with Gasteiger partial charge in [0.05, 0.1) is 6.61 Å². The number of hydrogen-bond acceptors (Lipinski definition) is 6. The molecule has 1 aliphatic rings. The zero-order valence-corrected chi connectivity index (χ0v) is 15.9. The number of carbonyl (C=O) groups excluding carboxylic acids is 2. The van der Waals surface area contributed by atoms with Crippen molar-refractivity contribution in [1.29, 1.82) is 0 Å². The van der Waals surface area contributed by atoms with Gasteiger partial charge in [0, 0.05) is 12.1 Å². The summed E-state index contributed by atoms with van der Waals surface area (Å²) in [6.07, 6.45) is -5.19. The van der Waals surface area contributed by atoms with Crippen molar-refractivity contribution in [1.82, 2.24) is 10.6 Å². The average molecular weight is 424 g/mol. The topological polar surface area (TPSA) is 85.9 Å². The number of ether oxygens (including phenoxy) is 3. The third-order valence-corrected chi connectivity index (χ3v) is 4.34. The van der Waals surface area contributed by atoms with Crippen LogP contribution in [-0.2, 0) is 16.1 Å². The minimum absolute atomic E-state index is 0.00859. The number of benzene rings is 2. The van der Waals surface area contributed by atoms with E-state index in [1.807, 2.05) is 0 Å². The van der Waals surface area contributed by atoms with Gasteiger partial charge in [-0.15, -0.1) is 0 Å². The lowest BCUT2D eigenvalue weighted by Crippen LogP contribution is -2.72. The molecule has 1 amide bonds. The molecule has 0 saturated heterocycles. The molecule has 160 valence electrons. The Kier molecular flexibility index (Phi) is 6.16. The van der Waals surface area contributed by atoms with E-state index in [4.69, 9.17) is 9.47 Å². The van der Waals surface area contributed by atoms with Crippen molar-refractivity contribution in [2.75, 3.05) is 13.4 Å². The summed E-state index contributed by atoms with van der Waals surface area (Å²) in [6.45, 7) is 0.665. The highest BCUT2D eigenvalue weighted by atomic mass is 19.4. The number of carbonyl (C=O) groups is 2. The molecule has 0 saturated carbocycles. The fourth-order valence-electron chi connectivity index (χ4n) is 2.81. The highest BCUT2D eigenvalue weighted by molar-refractivity contribution is 5.98. The third-order valence-electron chi connectivity index (χ3n) is 4.34. The number of fused-ring (bicyclic) bond motifs is 1. The first kappa shape index (κ1) is 21.4. The van der Waals surface area contributed by atoms with Gasteiger partial charge in [-0.1, -0.05) is 24.3 Å². The van der Waals surface area contributed by atoms with Crippen molar-refractivity contribution < 1.29 is 37.0 Å². The van der Waals surface area contributed by atoms with Gasteiger partial charge in [0.25, 0.3) is 11.6 Å². The zero-order valence-electron chi connectivity index (χ0n) is 15.9. The van der Waals surface area contributed by atoms with E-state index < -0.39 is 30.3 Å². The lowest BCUT2D eigenvalue weighted by molar-refractivity contribution is -0.219. The number of alkyl halides is 3. The van der Waals surface area contributed by atoms with E-state index >= 15 is 0 Å². The molecule has 0 radical (unpaired) electrons. The van der Waals surface area contributed by atoms with Gasteiger partial charge in [-0.05, 0) is 36.8 Å². The summed E-state index contributed by atoms with van der Waals surface area (Å²) in [5, 5.41) is 3.93. The fourth-order valence-corrected chi connectivity index (χ4v) is 2.81. The highest BCUT2D eigenvalue weighted by Crippen LogP contribution is 2.34. The molecule has 0 fully saturated rings. The van der Waals surface area contributed by atoms with E-state index in [1.165, 1.54) is 43.3 Å². The molecule has 0 unspecified atom stereocenters. The van der Waals surface area contributed by atoms with Gasteiger partial charge >= 0.3 is 12.1 Å². The lowest BCUT2D eigenvalue weighted by atomic mass is 10.1. The average Bonchev–Trinajstić information content (AvgIpc) is 3.18. The van der Waals surface area contributed by atoms with E-state index in [0.29, 0.717) is 17.1 Å². The molecular formula is C20H19F3N2O5. The minimum atomic E-state index is -5.19. The van der Waals surface area contributed by atoms with Crippen LogP contribution in [0.4, 0.5) is 13.2 Å². The summed E-state index contributed by atoms with van der Waals surface area (Å²) in [6, 6.07) is 11.8. The molecule has 1 aliphatic heterocycles. The Hall–Kier alpha value is -3.27. The van der Waals surface area contributed by atoms with Crippen LogP contribution >= 0.6 is 0 Å². The van der Waals surface area contributed by atoms with Gasteiger partial charge in [-0.3, -0.25) is 10.1 Å². The summed E-state index contributed by atoms with van der Waals surface area (Å²) < 4.78 is 57.4. The number of hydrogen-bond donors (Lipinski definition) is 2. The second-order valence-electron chi connectivity index (χ2n) is 6.33. The summed E-state index contributed by atoms with van der Waals surface area (Å²) >= 11 is 0. The van der Waals surface area contributed by atoms with Crippen LogP contribution in [0.2, 0.25) is 0 Å². The second kappa shape index (κ2) is 8.62. The Morgan fingerprint density at radius 1 is 1.07 bits per heavy atom. The maximum absolute atomic E-state index is 14.1. The van der Waals surface area contributed by atoms with Crippen LogP contribution in [0, 0.1) is 0 Å². The van der Waals surface area contributed by atoms with Crippen molar-refractivity contribution in [3.63, 3.8) is 0 Å². The number of halogens is 3. The first-order valence-electron chi connectivity index (χ1n) is 9.02. The largest absolute Gasteiger partial charge is 0.463 e.